The molecule has 5 heteroatoms. The summed E-state index contributed by atoms with van der Waals surface area (Å²) >= 11 is 0. The number of para-hydroxylation sites is 1. The fourth-order valence-electron chi connectivity index (χ4n) is 1.73. The van der Waals surface area contributed by atoms with Crippen molar-refractivity contribution in [2.75, 3.05) is 11.6 Å². The zero-order valence-corrected chi connectivity index (χ0v) is 9.54. The maximum atomic E-state index is 11.8. The summed E-state index contributed by atoms with van der Waals surface area (Å²) in [6.45, 7) is -0.00719. The SMILES string of the molecule is O=C1COC(c2ccc[nH]2)=NN1c1ccccc1. The number of hydrogen-bond donors (Lipinski definition) is 1. The second kappa shape index (κ2) is 4.37. The van der Waals surface area contributed by atoms with E-state index in [4.69, 9.17) is 4.74 Å². The lowest BCUT2D eigenvalue weighted by atomic mass is 10.3. The van der Waals surface area contributed by atoms with Gasteiger partial charge in [0.1, 0.15) is 5.69 Å². The average molecular weight is 241 g/mol. The van der Waals surface area contributed by atoms with Crippen LogP contribution < -0.4 is 5.01 Å². The predicted octanol–water partition coefficient (Wildman–Crippen LogP) is 1.74. The van der Waals surface area contributed by atoms with Gasteiger partial charge in [0.25, 0.3) is 11.8 Å². The molecule has 1 aromatic heterocycles. The Morgan fingerprint density at radius 1 is 1.17 bits per heavy atom. The smallest absolute Gasteiger partial charge is 0.285 e. The Balaban J connectivity index is 1.98. The van der Waals surface area contributed by atoms with Gasteiger partial charge in [0.05, 0.1) is 5.69 Å². The Morgan fingerprint density at radius 3 is 2.72 bits per heavy atom. The molecule has 0 atom stereocenters. The van der Waals surface area contributed by atoms with Crippen molar-refractivity contribution in [3.8, 4) is 0 Å². The summed E-state index contributed by atoms with van der Waals surface area (Å²) in [5, 5.41) is 5.58. The number of aromatic nitrogens is 1. The zero-order chi connectivity index (χ0) is 12.4. The summed E-state index contributed by atoms with van der Waals surface area (Å²) in [5.41, 5.74) is 1.48. The van der Waals surface area contributed by atoms with Crippen LogP contribution in [0.2, 0.25) is 0 Å². The minimum Gasteiger partial charge on any atom is -0.465 e. The van der Waals surface area contributed by atoms with E-state index >= 15 is 0 Å². The number of amides is 1. The lowest BCUT2D eigenvalue weighted by Crippen LogP contribution is -2.36. The predicted molar refractivity (Wildman–Crippen MR) is 67.2 cm³/mol. The summed E-state index contributed by atoms with van der Waals surface area (Å²) in [4.78, 5) is 14.8. The molecule has 1 aromatic carbocycles. The summed E-state index contributed by atoms with van der Waals surface area (Å²) in [6.07, 6.45) is 1.78. The van der Waals surface area contributed by atoms with E-state index in [1.807, 2.05) is 42.5 Å². The number of benzene rings is 1. The summed E-state index contributed by atoms with van der Waals surface area (Å²) in [7, 11) is 0. The van der Waals surface area contributed by atoms with E-state index < -0.39 is 0 Å². The Hall–Kier alpha value is -2.56. The number of carbonyl (C=O) groups is 1. The Bertz CT molecular complexity index is 576. The first kappa shape index (κ1) is 10.6. The second-order valence-corrected chi connectivity index (χ2v) is 3.82. The van der Waals surface area contributed by atoms with Crippen molar-refractivity contribution in [3.63, 3.8) is 0 Å². The number of hydrogen-bond acceptors (Lipinski definition) is 3. The van der Waals surface area contributed by atoms with Crippen LogP contribution in [0.1, 0.15) is 5.69 Å². The molecule has 90 valence electrons. The highest BCUT2D eigenvalue weighted by molar-refractivity contribution is 6.03. The van der Waals surface area contributed by atoms with Gasteiger partial charge >= 0.3 is 0 Å². The number of anilines is 1. The van der Waals surface area contributed by atoms with Crippen molar-refractivity contribution in [1.82, 2.24) is 4.98 Å². The monoisotopic (exact) mass is 241 g/mol. The molecule has 3 rings (SSSR count). The van der Waals surface area contributed by atoms with E-state index in [0.29, 0.717) is 5.90 Å². The van der Waals surface area contributed by atoms with Crippen molar-refractivity contribution in [2.24, 2.45) is 5.10 Å². The lowest BCUT2D eigenvalue weighted by Gasteiger charge is -2.23. The van der Waals surface area contributed by atoms with E-state index in [1.165, 1.54) is 5.01 Å². The van der Waals surface area contributed by atoms with Gasteiger partial charge in [-0.2, -0.15) is 5.01 Å². The van der Waals surface area contributed by atoms with Crippen molar-refractivity contribution in [2.45, 2.75) is 0 Å². The topological polar surface area (TPSA) is 57.7 Å². The number of rotatable bonds is 2. The number of H-pyrrole nitrogens is 1. The highest BCUT2D eigenvalue weighted by Gasteiger charge is 2.24. The largest absolute Gasteiger partial charge is 0.465 e. The minimum absolute atomic E-state index is 0.00719. The molecule has 0 unspecified atom stereocenters. The second-order valence-electron chi connectivity index (χ2n) is 3.82. The van der Waals surface area contributed by atoms with Crippen LogP contribution in [0.5, 0.6) is 0 Å². The van der Waals surface area contributed by atoms with Gasteiger partial charge in [0.15, 0.2) is 6.61 Å². The first-order valence-electron chi connectivity index (χ1n) is 5.58. The van der Waals surface area contributed by atoms with Crippen molar-refractivity contribution in [3.05, 3.63) is 54.4 Å². The maximum absolute atomic E-state index is 11.8. The van der Waals surface area contributed by atoms with Crippen LogP contribution in [0.25, 0.3) is 0 Å². The molecule has 18 heavy (non-hydrogen) atoms. The molecule has 0 saturated carbocycles. The van der Waals surface area contributed by atoms with Gasteiger partial charge in [-0.15, -0.1) is 5.10 Å². The highest BCUT2D eigenvalue weighted by Crippen LogP contribution is 2.18. The Kier molecular flexibility index (Phi) is 2.57. The van der Waals surface area contributed by atoms with Crippen LogP contribution in [0.15, 0.2) is 53.8 Å². The number of hydrazone groups is 1. The molecule has 0 bridgehead atoms. The summed E-state index contributed by atoms with van der Waals surface area (Å²) in [6, 6.07) is 13.0. The summed E-state index contributed by atoms with van der Waals surface area (Å²) < 4.78 is 5.31. The molecule has 5 nitrogen and oxygen atoms in total. The normalized spacial score (nSPS) is 15.2. The van der Waals surface area contributed by atoms with Crippen molar-refractivity contribution in [1.29, 1.82) is 0 Å². The minimum atomic E-state index is -0.184. The molecule has 0 radical (unpaired) electrons. The molecule has 1 aliphatic rings. The van der Waals surface area contributed by atoms with Crippen LogP contribution in [0, 0.1) is 0 Å². The highest BCUT2D eigenvalue weighted by atomic mass is 16.5. The van der Waals surface area contributed by atoms with Crippen LogP contribution in [-0.2, 0) is 9.53 Å². The number of nitrogens with zero attached hydrogens (tertiary/aromatic N) is 2. The molecule has 0 spiro atoms. The van der Waals surface area contributed by atoms with E-state index in [9.17, 15) is 4.79 Å². The van der Waals surface area contributed by atoms with Crippen molar-refractivity contribution >= 4 is 17.5 Å². The van der Waals surface area contributed by atoms with Crippen LogP contribution in [-0.4, -0.2) is 23.4 Å². The van der Waals surface area contributed by atoms with E-state index in [0.717, 1.165) is 11.4 Å². The molecule has 1 N–H and O–H groups in total. The molecule has 0 aliphatic carbocycles. The third-order valence-corrected chi connectivity index (χ3v) is 2.59. The number of nitrogens with one attached hydrogen (secondary N) is 1. The van der Waals surface area contributed by atoms with Gasteiger partial charge in [0, 0.05) is 6.20 Å². The zero-order valence-electron chi connectivity index (χ0n) is 9.54. The maximum Gasteiger partial charge on any atom is 0.285 e. The molecule has 0 fully saturated rings. The number of carbonyl (C=O) groups excluding carboxylic acids is 1. The first-order valence-corrected chi connectivity index (χ1v) is 5.58. The first-order chi connectivity index (χ1) is 8.84. The van der Waals surface area contributed by atoms with E-state index in [2.05, 4.69) is 10.1 Å². The molecule has 0 saturated heterocycles. The quantitative estimate of drug-likeness (QED) is 0.870. The fraction of sp³-hybridized carbons (Fsp3) is 0.0769. The average Bonchev–Trinajstić information content (AvgIpc) is 2.94. The third-order valence-electron chi connectivity index (χ3n) is 2.59. The van der Waals surface area contributed by atoms with Gasteiger partial charge < -0.3 is 9.72 Å². The lowest BCUT2D eigenvalue weighted by molar-refractivity contribution is -0.121. The number of aromatic amines is 1. The molecule has 1 amide bonds. The van der Waals surface area contributed by atoms with E-state index in [-0.39, 0.29) is 12.5 Å². The molecular formula is C13H11N3O2. The van der Waals surface area contributed by atoms with Gasteiger partial charge in [-0.3, -0.25) is 4.79 Å². The standard InChI is InChI=1S/C13H11N3O2/c17-12-9-18-13(11-7-4-8-14-11)15-16(12)10-5-2-1-3-6-10/h1-8,14H,9H2. The van der Waals surface area contributed by atoms with Crippen molar-refractivity contribution < 1.29 is 9.53 Å². The molecular weight excluding hydrogens is 230 g/mol. The Morgan fingerprint density at radius 2 is 2.00 bits per heavy atom. The van der Waals surface area contributed by atoms with Crippen LogP contribution in [0.3, 0.4) is 0 Å². The van der Waals surface area contributed by atoms with Gasteiger partial charge in [-0.25, -0.2) is 0 Å². The van der Waals surface area contributed by atoms with Crippen LogP contribution >= 0.6 is 0 Å². The molecule has 2 aromatic rings. The molecule has 2 heterocycles. The third kappa shape index (κ3) is 1.86. The van der Waals surface area contributed by atoms with E-state index in [1.54, 1.807) is 6.20 Å². The van der Waals surface area contributed by atoms with Crippen LogP contribution in [0.4, 0.5) is 5.69 Å². The van der Waals surface area contributed by atoms with Gasteiger partial charge in [-0.1, -0.05) is 18.2 Å². The van der Waals surface area contributed by atoms with Gasteiger partial charge in [-0.05, 0) is 24.3 Å². The number of ether oxygens (including phenoxy) is 1. The fourth-order valence-corrected chi connectivity index (χ4v) is 1.73. The molecule has 1 aliphatic heterocycles. The summed E-state index contributed by atoms with van der Waals surface area (Å²) in [5.74, 6) is 0.236. The van der Waals surface area contributed by atoms with Gasteiger partial charge in [0.2, 0.25) is 0 Å². The Labute approximate surface area is 104 Å².